The monoisotopic (exact) mass is 249 g/mol. The van der Waals surface area contributed by atoms with Crippen LogP contribution in [0.5, 0.6) is 0 Å². The van der Waals surface area contributed by atoms with Crippen molar-refractivity contribution in [2.75, 3.05) is 0 Å². The van der Waals surface area contributed by atoms with Crippen LogP contribution in [0.1, 0.15) is 64.6 Å². The Morgan fingerprint density at radius 2 is 2.17 bits per heavy atom. The maximum absolute atomic E-state index is 4.64. The van der Waals surface area contributed by atoms with E-state index in [-0.39, 0.29) is 0 Å². The first-order valence-electron chi connectivity index (χ1n) is 7.50. The van der Waals surface area contributed by atoms with Crippen LogP contribution in [0.2, 0.25) is 0 Å². The van der Waals surface area contributed by atoms with Crippen LogP contribution in [0.4, 0.5) is 0 Å². The average molecular weight is 249 g/mol. The van der Waals surface area contributed by atoms with Crippen molar-refractivity contribution in [3.8, 4) is 0 Å². The lowest BCUT2D eigenvalue weighted by atomic mass is 10.1. The molecule has 1 aromatic rings. The quantitative estimate of drug-likeness (QED) is 0.764. The number of nitrogens with one attached hydrogen (secondary N) is 1. The second kappa shape index (κ2) is 6.37. The summed E-state index contributed by atoms with van der Waals surface area (Å²) in [7, 11) is 0. The van der Waals surface area contributed by atoms with Crippen molar-refractivity contribution in [3.05, 3.63) is 18.0 Å². The van der Waals surface area contributed by atoms with E-state index in [1.165, 1.54) is 31.4 Å². The van der Waals surface area contributed by atoms with Crippen molar-refractivity contribution in [2.45, 2.75) is 71.5 Å². The van der Waals surface area contributed by atoms with Gasteiger partial charge in [-0.15, -0.1) is 0 Å². The summed E-state index contributed by atoms with van der Waals surface area (Å²) in [6.07, 6.45) is 8.70. The Morgan fingerprint density at radius 3 is 2.78 bits per heavy atom. The summed E-state index contributed by atoms with van der Waals surface area (Å²) in [5.74, 6) is 1.00. The van der Waals surface area contributed by atoms with Gasteiger partial charge in [0.2, 0.25) is 0 Å². The highest BCUT2D eigenvalue weighted by atomic mass is 15.3. The number of rotatable bonds is 8. The molecule has 1 N–H and O–H groups in total. The van der Waals surface area contributed by atoms with Crippen molar-refractivity contribution in [1.82, 2.24) is 15.1 Å². The molecule has 1 aromatic heterocycles. The van der Waals surface area contributed by atoms with E-state index in [1.54, 1.807) is 0 Å². The minimum Gasteiger partial charge on any atom is -0.308 e. The van der Waals surface area contributed by atoms with E-state index >= 15 is 0 Å². The molecule has 0 aromatic carbocycles. The lowest BCUT2D eigenvalue weighted by molar-refractivity contribution is 0.433. The van der Waals surface area contributed by atoms with Gasteiger partial charge in [0.05, 0.1) is 5.69 Å². The third kappa shape index (κ3) is 3.84. The molecular weight excluding hydrogens is 222 g/mol. The predicted molar refractivity (Wildman–Crippen MR) is 75.5 cm³/mol. The van der Waals surface area contributed by atoms with Crippen LogP contribution in [0.3, 0.4) is 0 Å². The first-order valence-corrected chi connectivity index (χ1v) is 7.50. The van der Waals surface area contributed by atoms with E-state index in [0.29, 0.717) is 12.1 Å². The molecule has 0 saturated heterocycles. The van der Waals surface area contributed by atoms with Crippen LogP contribution in [-0.2, 0) is 6.54 Å². The maximum Gasteiger partial charge on any atom is 0.0762 e. The minimum atomic E-state index is 0.507. The zero-order valence-corrected chi connectivity index (χ0v) is 12.0. The Kier molecular flexibility index (Phi) is 4.81. The molecule has 0 amide bonds. The van der Waals surface area contributed by atoms with Gasteiger partial charge in [0.25, 0.3) is 0 Å². The SMILES string of the molecule is CCC(CC1CC1)NCc1ccn(C(C)CC)n1. The van der Waals surface area contributed by atoms with Gasteiger partial charge in [-0.3, -0.25) is 4.68 Å². The molecule has 1 fully saturated rings. The van der Waals surface area contributed by atoms with Crippen molar-refractivity contribution >= 4 is 0 Å². The Hall–Kier alpha value is -0.830. The molecule has 1 aliphatic carbocycles. The molecule has 18 heavy (non-hydrogen) atoms. The first-order chi connectivity index (χ1) is 8.72. The number of aromatic nitrogens is 2. The van der Waals surface area contributed by atoms with Crippen molar-refractivity contribution in [3.63, 3.8) is 0 Å². The van der Waals surface area contributed by atoms with E-state index in [1.807, 2.05) is 0 Å². The van der Waals surface area contributed by atoms with Gasteiger partial charge in [-0.05, 0) is 38.2 Å². The highest BCUT2D eigenvalue weighted by molar-refractivity contribution is 4.99. The Labute approximate surface area is 111 Å². The highest BCUT2D eigenvalue weighted by Crippen LogP contribution is 2.34. The fraction of sp³-hybridized carbons (Fsp3) is 0.800. The summed E-state index contributed by atoms with van der Waals surface area (Å²) in [5, 5.41) is 8.29. The van der Waals surface area contributed by atoms with Gasteiger partial charge in [0.15, 0.2) is 0 Å². The van der Waals surface area contributed by atoms with Gasteiger partial charge in [-0.1, -0.05) is 26.7 Å². The summed E-state index contributed by atoms with van der Waals surface area (Å²) in [5.41, 5.74) is 1.17. The molecule has 2 unspecified atom stereocenters. The molecule has 0 aliphatic heterocycles. The Morgan fingerprint density at radius 1 is 1.39 bits per heavy atom. The van der Waals surface area contributed by atoms with Gasteiger partial charge in [0, 0.05) is 24.8 Å². The van der Waals surface area contributed by atoms with E-state index < -0.39 is 0 Å². The first kappa shape index (κ1) is 13.6. The molecule has 2 rings (SSSR count). The Bertz CT molecular complexity index is 354. The fourth-order valence-corrected chi connectivity index (χ4v) is 2.30. The summed E-state index contributed by atoms with van der Waals surface area (Å²) in [6.45, 7) is 7.60. The zero-order chi connectivity index (χ0) is 13.0. The number of nitrogens with zero attached hydrogens (tertiary/aromatic N) is 2. The zero-order valence-electron chi connectivity index (χ0n) is 12.0. The largest absolute Gasteiger partial charge is 0.308 e. The second-order valence-corrected chi connectivity index (χ2v) is 5.71. The molecule has 3 nitrogen and oxygen atoms in total. The molecule has 0 bridgehead atoms. The maximum atomic E-state index is 4.64. The normalized spacial score (nSPS) is 18.8. The minimum absolute atomic E-state index is 0.507. The van der Waals surface area contributed by atoms with Crippen LogP contribution in [0, 0.1) is 5.92 Å². The topological polar surface area (TPSA) is 29.9 Å². The van der Waals surface area contributed by atoms with Crippen molar-refractivity contribution < 1.29 is 0 Å². The third-order valence-electron chi connectivity index (χ3n) is 4.09. The van der Waals surface area contributed by atoms with Crippen LogP contribution in [0.15, 0.2) is 12.3 Å². The second-order valence-electron chi connectivity index (χ2n) is 5.71. The van der Waals surface area contributed by atoms with E-state index in [4.69, 9.17) is 0 Å². The van der Waals surface area contributed by atoms with Gasteiger partial charge in [-0.2, -0.15) is 5.10 Å². The standard InChI is InChI=1S/C15H27N3/c1-4-12(3)18-9-8-15(17-18)11-16-14(5-2)10-13-6-7-13/h8-9,12-14,16H,4-7,10-11H2,1-3H3. The molecule has 3 heteroatoms. The van der Waals surface area contributed by atoms with Gasteiger partial charge >= 0.3 is 0 Å². The molecule has 102 valence electrons. The summed E-state index contributed by atoms with van der Waals surface area (Å²) in [6, 6.07) is 3.32. The van der Waals surface area contributed by atoms with Crippen LogP contribution in [0.25, 0.3) is 0 Å². The molecule has 1 heterocycles. The molecule has 1 aliphatic rings. The average Bonchev–Trinajstić information content (AvgIpc) is 3.09. The van der Waals surface area contributed by atoms with E-state index in [0.717, 1.165) is 18.9 Å². The number of hydrogen-bond acceptors (Lipinski definition) is 2. The number of hydrogen-bond donors (Lipinski definition) is 1. The smallest absolute Gasteiger partial charge is 0.0762 e. The molecule has 0 radical (unpaired) electrons. The van der Waals surface area contributed by atoms with E-state index in [2.05, 4.69) is 48.1 Å². The molecule has 2 atom stereocenters. The molecule has 0 spiro atoms. The third-order valence-corrected chi connectivity index (χ3v) is 4.09. The summed E-state index contributed by atoms with van der Waals surface area (Å²) < 4.78 is 2.08. The summed E-state index contributed by atoms with van der Waals surface area (Å²) in [4.78, 5) is 0. The lowest BCUT2D eigenvalue weighted by Crippen LogP contribution is -2.28. The fourth-order valence-electron chi connectivity index (χ4n) is 2.30. The van der Waals surface area contributed by atoms with Crippen LogP contribution >= 0.6 is 0 Å². The molecular formula is C15H27N3. The van der Waals surface area contributed by atoms with Gasteiger partial charge in [-0.25, -0.2) is 0 Å². The molecule has 1 saturated carbocycles. The van der Waals surface area contributed by atoms with Crippen LogP contribution < -0.4 is 5.32 Å². The Balaban J connectivity index is 1.79. The highest BCUT2D eigenvalue weighted by Gasteiger charge is 2.24. The van der Waals surface area contributed by atoms with Crippen LogP contribution in [-0.4, -0.2) is 15.8 Å². The predicted octanol–water partition coefficient (Wildman–Crippen LogP) is 3.52. The van der Waals surface area contributed by atoms with Crippen molar-refractivity contribution in [1.29, 1.82) is 0 Å². The van der Waals surface area contributed by atoms with Gasteiger partial charge in [0.1, 0.15) is 0 Å². The van der Waals surface area contributed by atoms with Crippen molar-refractivity contribution in [2.24, 2.45) is 5.92 Å². The van der Waals surface area contributed by atoms with E-state index in [9.17, 15) is 0 Å². The lowest BCUT2D eigenvalue weighted by Gasteiger charge is -2.15. The summed E-state index contributed by atoms with van der Waals surface area (Å²) >= 11 is 0. The van der Waals surface area contributed by atoms with Gasteiger partial charge < -0.3 is 5.32 Å².